The molecule has 3 aromatic rings. The van der Waals surface area contributed by atoms with E-state index in [4.69, 9.17) is 0 Å². The number of fused-ring (bicyclic) bond motifs is 1. The van der Waals surface area contributed by atoms with E-state index in [1.165, 1.54) is 4.90 Å². The van der Waals surface area contributed by atoms with E-state index in [-0.39, 0.29) is 11.8 Å². The predicted molar refractivity (Wildman–Crippen MR) is 104 cm³/mol. The second kappa shape index (κ2) is 5.70. The monoisotopic (exact) mass is 344 g/mol. The highest BCUT2D eigenvalue weighted by molar-refractivity contribution is 6.50. The number of rotatable bonds is 2. The van der Waals surface area contributed by atoms with Crippen LogP contribution in [0, 0.1) is 20.8 Å². The van der Waals surface area contributed by atoms with E-state index >= 15 is 0 Å². The Bertz CT molecular complexity index is 1100. The Morgan fingerprint density at radius 2 is 1.35 bits per heavy atom. The molecule has 0 saturated carbocycles. The van der Waals surface area contributed by atoms with Crippen LogP contribution >= 0.6 is 0 Å². The van der Waals surface area contributed by atoms with Gasteiger partial charge in [-0.2, -0.15) is 0 Å². The molecule has 26 heavy (non-hydrogen) atoms. The molecule has 2 heterocycles. The van der Waals surface area contributed by atoms with E-state index in [2.05, 4.69) is 4.98 Å². The molecule has 0 unspecified atom stereocenters. The molecule has 4 rings (SSSR count). The molecule has 2 amide bonds. The fourth-order valence-electron chi connectivity index (χ4n) is 3.91. The maximum absolute atomic E-state index is 13.0. The molecular formula is C22H20N2O2. The van der Waals surface area contributed by atoms with Crippen LogP contribution in [-0.2, 0) is 9.59 Å². The topological polar surface area (TPSA) is 53.2 Å². The van der Waals surface area contributed by atoms with Gasteiger partial charge in [0.2, 0.25) is 0 Å². The number of benzene rings is 2. The summed E-state index contributed by atoms with van der Waals surface area (Å²) in [5.41, 5.74) is 6.50. The smallest absolute Gasteiger partial charge is 0.262 e. The summed E-state index contributed by atoms with van der Waals surface area (Å²) in [6.45, 7) is 5.90. The Balaban J connectivity index is 2.14. The van der Waals surface area contributed by atoms with Crippen molar-refractivity contribution in [2.75, 3.05) is 7.05 Å². The molecule has 1 N–H and O–H groups in total. The quantitative estimate of drug-likeness (QED) is 0.714. The third-order valence-electron chi connectivity index (χ3n) is 5.16. The summed E-state index contributed by atoms with van der Waals surface area (Å²) >= 11 is 0. The van der Waals surface area contributed by atoms with Crippen molar-refractivity contribution < 1.29 is 9.59 Å². The fraction of sp³-hybridized carbons (Fsp3) is 0.182. The molecule has 0 saturated heterocycles. The number of para-hydroxylation sites is 1. The van der Waals surface area contributed by atoms with E-state index in [1.807, 2.05) is 63.2 Å². The van der Waals surface area contributed by atoms with Gasteiger partial charge in [0.05, 0.1) is 11.1 Å². The first-order valence-electron chi connectivity index (χ1n) is 8.62. The van der Waals surface area contributed by atoms with Gasteiger partial charge in [0.1, 0.15) is 0 Å². The number of H-pyrrole nitrogens is 1. The first-order chi connectivity index (χ1) is 12.4. The number of carbonyl (C=O) groups excluding carboxylic acids is 2. The predicted octanol–water partition coefficient (Wildman–Crippen LogP) is 4.00. The number of likely N-dealkylation sites (N-methyl/N-ethyl adjacent to an activating group) is 1. The van der Waals surface area contributed by atoms with Gasteiger partial charge in [0.25, 0.3) is 11.8 Å². The molecule has 2 aromatic carbocycles. The zero-order valence-electron chi connectivity index (χ0n) is 15.3. The van der Waals surface area contributed by atoms with Gasteiger partial charge in [-0.1, -0.05) is 36.4 Å². The maximum Gasteiger partial charge on any atom is 0.262 e. The summed E-state index contributed by atoms with van der Waals surface area (Å²) in [6, 6.07) is 13.8. The van der Waals surface area contributed by atoms with Crippen molar-refractivity contribution in [1.29, 1.82) is 0 Å². The molecule has 1 aliphatic heterocycles. The average molecular weight is 344 g/mol. The van der Waals surface area contributed by atoms with Crippen LogP contribution in [0.2, 0.25) is 0 Å². The van der Waals surface area contributed by atoms with E-state index in [0.29, 0.717) is 11.1 Å². The highest BCUT2D eigenvalue weighted by Gasteiger charge is 2.39. The van der Waals surface area contributed by atoms with Crippen LogP contribution < -0.4 is 0 Å². The number of aromatic nitrogens is 1. The Hall–Kier alpha value is -3.14. The molecule has 0 radical (unpaired) electrons. The molecule has 0 spiro atoms. The van der Waals surface area contributed by atoms with E-state index in [9.17, 15) is 9.59 Å². The van der Waals surface area contributed by atoms with Crippen LogP contribution in [0.4, 0.5) is 0 Å². The molecule has 0 bridgehead atoms. The highest BCUT2D eigenvalue weighted by atomic mass is 16.2. The lowest BCUT2D eigenvalue weighted by molar-refractivity contribution is -0.134. The van der Waals surface area contributed by atoms with Crippen molar-refractivity contribution in [3.05, 3.63) is 70.4 Å². The minimum Gasteiger partial charge on any atom is -0.358 e. The highest BCUT2D eigenvalue weighted by Crippen LogP contribution is 2.41. The van der Waals surface area contributed by atoms with Gasteiger partial charge in [-0.25, -0.2) is 0 Å². The third-order valence-corrected chi connectivity index (χ3v) is 5.16. The van der Waals surface area contributed by atoms with Crippen LogP contribution in [0.15, 0.2) is 42.5 Å². The molecule has 1 aliphatic rings. The second-order valence-corrected chi connectivity index (χ2v) is 6.86. The Morgan fingerprint density at radius 1 is 0.769 bits per heavy atom. The van der Waals surface area contributed by atoms with Crippen molar-refractivity contribution in [1.82, 2.24) is 9.88 Å². The van der Waals surface area contributed by atoms with E-state index in [0.717, 1.165) is 38.9 Å². The van der Waals surface area contributed by atoms with Crippen LogP contribution in [0.3, 0.4) is 0 Å². The molecule has 4 nitrogen and oxygen atoms in total. The number of imide groups is 1. The molecule has 4 heteroatoms. The number of carbonyl (C=O) groups is 2. The molecular weight excluding hydrogens is 324 g/mol. The Kier molecular flexibility index (Phi) is 3.58. The van der Waals surface area contributed by atoms with Crippen molar-refractivity contribution in [3.63, 3.8) is 0 Å². The molecule has 0 fully saturated rings. The molecule has 0 aliphatic carbocycles. The third kappa shape index (κ3) is 2.15. The van der Waals surface area contributed by atoms with Gasteiger partial charge in [-0.15, -0.1) is 0 Å². The SMILES string of the molecule is Cc1cccc(C)c1C1=C(c2c(C)[nH]c3ccccc23)C(=O)N(C)C1=O. The van der Waals surface area contributed by atoms with Crippen LogP contribution in [0.1, 0.15) is 27.9 Å². The lowest BCUT2D eigenvalue weighted by atomic mass is 9.89. The van der Waals surface area contributed by atoms with Crippen LogP contribution in [0.25, 0.3) is 22.0 Å². The Labute approximate surface area is 152 Å². The first kappa shape index (κ1) is 16.3. The molecule has 130 valence electrons. The van der Waals surface area contributed by atoms with Gasteiger partial charge >= 0.3 is 0 Å². The van der Waals surface area contributed by atoms with Crippen LogP contribution in [0.5, 0.6) is 0 Å². The molecule has 1 aromatic heterocycles. The average Bonchev–Trinajstić information content (AvgIpc) is 3.04. The minimum atomic E-state index is -0.250. The second-order valence-electron chi connectivity index (χ2n) is 6.86. The van der Waals surface area contributed by atoms with Crippen molar-refractivity contribution in [2.24, 2.45) is 0 Å². The van der Waals surface area contributed by atoms with E-state index in [1.54, 1.807) is 7.05 Å². The summed E-state index contributed by atoms with van der Waals surface area (Å²) < 4.78 is 0. The van der Waals surface area contributed by atoms with Gasteiger partial charge in [-0.05, 0) is 43.5 Å². The Morgan fingerprint density at radius 3 is 2.00 bits per heavy atom. The number of nitrogens with one attached hydrogen (secondary N) is 1. The summed E-state index contributed by atoms with van der Waals surface area (Å²) in [6.07, 6.45) is 0. The number of amides is 2. The zero-order chi connectivity index (χ0) is 18.6. The normalized spacial score (nSPS) is 14.8. The lowest BCUT2D eigenvalue weighted by Gasteiger charge is -2.12. The number of aryl methyl sites for hydroxylation is 3. The van der Waals surface area contributed by atoms with Gasteiger partial charge in [0, 0.05) is 29.2 Å². The molecule has 0 atom stereocenters. The summed E-state index contributed by atoms with van der Waals surface area (Å²) in [5, 5.41) is 0.959. The summed E-state index contributed by atoms with van der Waals surface area (Å²) in [7, 11) is 1.55. The van der Waals surface area contributed by atoms with Gasteiger partial charge in [-0.3, -0.25) is 14.5 Å². The van der Waals surface area contributed by atoms with Gasteiger partial charge in [0.15, 0.2) is 0 Å². The summed E-state index contributed by atoms with van der Waals surface area (Å²) in [4.78, 5) is 30.6. The lowest BCUT2D eigenvalue weighted by Crippen LogP contribution is -2.26. The van der Waals surface area contributed by atoms with Crippen molar-refractivity contribution in [3.8, 4) is 0 Å². The largest absolute Gasteiger partial charge is 0.358 e. The van der Waals surface area contributed by atoms with Crippen LogP contribution in [-0.4, -0.2) is 28.7 Å². The summed E-state index contributed by atoms with van der Waals surface area (Å²) in [5.74, 6) is -0.493. The number of hydrogen-bond donors (Lipinski definition) is 1. The van der Waals surface area contributed by atoms with E-state index < -0.39 is 0 Å². The number of nitrogens with zero attached hydrogens (tertiary/aromatic N) is 1. The fourth-order valence-corrected chi connectivity index (χ4v) is 3.91. The standard InChI is InChI=1S/C22H20N2O2/c1-12-8-7-9-13(2)17(12)19-20(22(26)24(4)21(19)25)18-14(3)23-16-11-6-5-10-15(16)18/h5-11,23H,1-4H3. The maximum atomic E-state index is 13.0. The first-order valence-corrected chi connectivity index (χ1v) is 8.62. The zero-order valence-corrected chi connectivity index (χ0v) is 15.3. The number of hydrogen-bond acceptors (Lipinski definition) is 2. The van der Waals surface area contributed by atoms with Crippen molar-refractivity contribution in [2.45, 2.75) is 20.8 Å². The number of aromatic amines is 1. The van der Waals surface area contributed by atoms with Crippen molar-refractivity contribution >= 4 is 33.9 Å². The van der Waals surface area contributed by atoms with Gasteiger partial charge < -0.3 is 4.98 Å². The minimum absolute atomic E-state index is 0.243.